The zero-order valence-corrected chi connectivity index (χ0v) is 21.1. The standard InChI is InChI=1S/C29H28FN5O3/c1-3-26(36)34-11-9-21(10-12-34)32-24-17-38-25-14-18(7-8-23(24)25)27-28(19-5-4-6-20(30)13-19)35-16-22(37-2)15-31-29(35)33-27/h3-8,13-16,21,24,32H,1,9-12,17H2,2H3/t24-/m0/s1. The first-order valence-electron chi connectivity index (χ1n) is 12.7. The molecule has 0 saturated carbocycles. The Labute approximate surface area is 219 Å². The summed E-state index contributed by atoms with van der Waals surface area (Å²) in [4.78, 5) is 23.0. The van der Waals surface area contributed by atoms with Gasteiger partial charge in [-0.05, 0) is 37.1 Å². The highest BCUT2D eigenvalue weighted by molar-refractivity contribution is 5.87. The molecule has 2 aromatic carbocycles. The Morgan fingerprint density at radius 1 is 1.21 bits per heavy atom. The van der Waals surface area contributed by atoms with Gasteiger partial charge in [0.1, 0.15) is 18.2 Å². The molecule has 9 heteroatoms. The number of imidazole rings is 1. The third-order valence-corrected chi connectivity index (χ3v) is 7.28. The fourth-order valence-electron chi connectivity index (χ4n) is 5.31. The highest BCUT2D eigenvalue weighted by Gasteiger charge is 2.30. The topological polar surface area (TPSA) is 81.0 Å². The van der Waals surface area contributed by atoms with Crippen LogP contribution >= 0.6 is 0 Å². The van der Waals surface area contributed by atoms with Gasteiger partial charge in [0.2, 0.25) is 11.7 Å². The monoisotopic (exact) mass is 513 g/mol. The van der Waals surface area contributed by atoms with E-state index in [2.05, 4.69) is 22.9 Å². The van der Waals surface area contributed by atoms with E-state index in [1.54, 1.807) is 25.6 Å². The van der Waals surface area contributed by atoms with E-state index in [9.17, 15) is 9.18 Å². The van der Waals surface area contributed by atoms with Crippen LogP contribution in [0.3, 0.4) is 0 Å². The number of fused-ring (bicyclic) bond motifs is 2. The maximum absolute atomic E-state index is 14.2. The number of hydrogen-bond acceptors (Lipinski definition) is 6. The number of carbonyl (C=O) groups excluding carboxylic acids is 1. The van der Waals surface area contributed by atoms with Gasteiger partial charge in [0.15, 0.2) is 5.75 Å². The van der Waals surface area contributed by atoms with Gasteiger partial charge in [-0.1, -0.05) is 30.8 Å². The highest BCUT2D eigenvalue weighted by Crippen LogP contribution is 2.39. The van der Waals surface area contributed by atoms with E-state index in [1.165, 1.54) is 18.2 Å². The van der Waals surface area contributed by atoms with Crippen LogP contribution in [0.25, 0.3) is 28.3 Å². The molecule has 1 fully saturated rings. The molecule has 2 aliphatic heterocycles. The lowest BCUT2D eigenvalue weighted by Crippen LogP contribution is -2.45. The van der Waals surface area contributed by atoms with Crippen molar-refractivity contribution in [2.24, 2.45) is 0 Å². The van der Waals surface area contributed by atoms with Crippen molar-refractivity contribution < 1.29 is 18.7 Å². The summed E-state index contributed by atoms with van der Waals surface area (Å²) >= 11 is 0. The number of halogens is 1. The number of hydrogen-bond donors (Lipinski definition) is 1. The molecule has 0 unspecified atom stereocenters. The molecule has 0 radical (unpaired) electrons. The number of nitrogens with zero attached hydrogens (tertiary/aromatic N) is 4. The number of rotatable bonds is 6. The molecule has 0 spiro atoms. The lowest BCUT2D eigenvalue weighted by Gasteiger charge is -2.33. The number of ether oxygens (including phenoxy) is 2. The van der Waals surface area contributed by atoms with Crippen molar-refractivity contribution in [2.45, 2.75) is 24.9 Å². The van der Waals surface area contributed by atoms with Crippen molar-refractivity contribution in [3.8, 4) is 34.0 Å². The number of carbonyl (C=O) groups is 1. The van der Waals surface area contributed by atoms with Gasteiger partial charge < -0.3 is 19.7 Å². The third-order valence-electron chi connectivity index (χ3n) is 7.28. The molecule has 0 aliphatic carbocycles. The van der Waals surface area contributed by atoms with Gasteiger partial charge in [0.05, 0.1) is 36.9 Å². The van der Waals surface area contributed by atoms with Gasteiger partial charge in [-0.15, -0.1) is 0 Å². The van der Waals surface area contributed by atoms with E-state index < -0.39 is 0 Å². The number of nitrogens with one attached hydrogen (secondary N) is 1. The number of amides is 1. The highest BCUT2D eigenvalue weighted by atomic mass is 19.1. The van der Waals surface area contributed by atoms with Crippen LogP contribution in [0.4, 0.5) is 4.39 Å². The first-order chi connectivity index (χ1) is 18.5. The van der Waals surface area contributed by atoms with Gasteiger partial charge in [-0.25, -0.2) is 14.4 Å². The number of benzene rings is 2. The zero-order chi connectivity index (χ0) is 26.2. The second-order valence-corrected chi connectivity index (χ2v) is 9.57. The van der Waals surface area contributed by atoms with Gasteiger partial charge in [-0.3, -0.25) is 9.20 Å². The van der Waals surface area contributed by atoms with E-state index in [4.69, 9.17) is 14.5 Å². The van der Waals surface area contributed by atoms with Gasteiger partial charge in [0.25, 0.3) is 0 Å². The molecule has 1 amide bonds. The van der Waals surface area contributed by atoms with Gasteiger partial charge in [0, 0.05) is 35.8 Å². The van der Waals surface area contributed by atoms with E-state index in [0.29, 0.717) is 35.4 Å². The van der Waals surface area contributed by atoms with Crippen LogP contribution < -0.4 is 14.8 Å². The van der Waals surface area contributed by atoms with Crippen LogP contribution in [-0.4, -0.2) is 58.0 Å². The molecule has 1 N–H and O–H groups in total. The molecule has 1 saturated heterocycles. The Morgan fingerprint density at radius 2 is 2.05 bits per heavy atom. The minimum Gasteiger partial charge on any atom is -0.494 e. The second-order valence-electron chi connectivity index (χ2n) is 9.57. The zero-order valence-electron chi connectivity index (χ0n) is 21.1. The van der Waals surface area contributed by atoms with Crippen LogP contribution in [0.2, 0.25) is 0 Å². The van der Waals surface area contributed by atoms with Crippen molar-refractivity contribution in [1.29, 1.82) is 0 Å². The maximum atomic E-state index is 14.2. The minimum atomic E-state index is -0.329. The van der Waals surface area contributed by atoms with Crippen molar-refractivity contribution in [3.05, 3.63) is 78.9 Å². The molecule has 38 heavy (non-hydrogen) atoms. The summed E-state index contributed by atoms with van der Waals surface area (Å²) < 4.78 is 27.5. The van der Waals surface area contributed by atoms with Crippen molar-refractivity contribution in [3.63, 3.8) is 0 Å². The van der Waals surface area contributed by atoms with Crippen LogP contribution in [-0.2, 0) is 4.79 Å². The summed E-state index contributed by atoms with van der Waals surface area (Å²) in [6, 6.07) is 12.9. The molecule has 0 bridgehead atoms. The molecular weight excluding hydrogens is 485 g/mol. The Bertz CT molecular complexity index is 1530. The Balaban J connectivity index is 1.30. The molecule has 4 heterocycles. The normalized spacial score (nSPS) is 17.3. The lowest BCUT2D eigenvalue weighted by molar-refractivity contribution is -0.127. The largest absolute Gasteiger partial charge is 0.494 e. The first-order valence-corrected chi connectivity index (χ1v) is 12.7. The fourth-order valence-corrected chi connectivity index (χ4v) is 5.31. The van der Waals surface area contributed by atoms with Crippen LogP contribution in [0.5, 0.6) is 11.5 Å². The summed E-state index contributed by atoms with van der Waals surface area (Å²) in [5.41, 5.74) is 4.03. The molecule has 194 valence electrons. The predicted molar refractivity (Wildman–Crippen MR) is 142 cm³/mol. The smallest absolute Gasteiger partial charge is 0.245 e. The van der Waals surface area contributed by atoms with E-state index in [1.807, 2.05) is 27.5 Å². The van der Waals surface area contributed by atoms with E-state index in [-0.39, 0.29) is 17.8 Å². The lowest BCUT2D eigenvalue weighted by atomic mass is 9.99. The summed E-state index contributed by atoms with van der Waals surface area (Å²) in [5, 5.41) is 3.71. The second kappa shape index (κ2) is 9.90. The number of piperidine rings is 1. The molecule has 2 aromatic heterocycles. The van der Waals surface area contributed by atoms with Crippen LogP contribution in [0.15, 0.2) is 67.5 Å². The first kappa shape index (κ1) is 24.1. The van der Waals surface area contributed by atoms with Crippen LogP contribution in [0, 0.1) is 5.82 Å². The summed E-state index contributed by atoms with van der Waals surface area (Å²) in [6.45, 7) is 5.56. The van der Waals surface area contributed by atoms with Crippen molar-refractivity contribution in [2.75, 3.05) is 26.8 Å². The van der Waals surface area contributed by atoms with Crippen molar-refractivity contribution >= 4 is 11.7 Å². The average molecular weight is 514 g/mol. The number of aromatic nitrogens is 3. The van der Waals surface area contributed by atoms with E-state index >= 15 is 0 Å². The molecular formula is C29H28FN5O3. The molecule has 2 aliphatic rings. The number of methoxy groups -OCH3 is 1. The SMILES string of the molecule is C=CC(=O)N1CCC(N[C@H]2COc3cc(-c4nc5ncc(OC)cn5c4-c4cccc(F)c4)ccc32)CC1. The quantitative estimate of drug-likeness (QED) is 0.385. The Kier molecular flexibility index (Phi) is 6.29. The predicted octanol–water partition coefficient (Wildman–Crippen LogP) is 4.41. The third kappa shape index (κ3) is 4.39. The minimum absolute atomic E-state index is 0.0104. The molecule has 6 rings (SSSR count). The number of likely N-dealkylation sites (tertiary alicyclic amines) is 1. The summed E-state index contributed by atoms with van der Waals surface area (Å²) in [7, 11) is 1.58. The molecule has 8 nitrogen and oxygen atoms in total. The average Bonchev–Trinajstić information content (AvgIpc) is 3.53. The molecule has 1 atom stereocenters. The summed E-state index contributed by atoms with van der Waals surface area (Å²) in [5.74, 6) is 1.52. The Hall–Kier alpha value is -4.24. The van der Waals surface area contributed by atoms with Crippen LogP contribution in [0.1, 0.15) is 24.4 Å². The van der Waals surface area contributed by atoms with Crippen molar-refractivity contribution in [1.82, 2.24) is 24.6 Å². The maximum Gasteiger partial charge on any atom is 0.245 e. The fraction of sp³-hybridized carbons (Fsp3) is 0.276. The summed E-state index contributed by atoms with van der Waals surface area (Å²) in [6.07, 6.45) is 6.57. The Morgan fingerprint density at radius 3 is 2.82 bits per heavy atom. The molecule has 4 aromatic rings. The van der Waals surface area contributed by atoms with E-state index in [0.717, 1.165) is 48.5 Å². The van der Waals surface area contributed by atoms with Gasteiger partial charge >= 0.3 is 0 Å². The van der Waals surface area contributed by atoms with Gasteiger partial charge in [-0.2, -0.15) is 0 Å².